The van der Waals surface area contributed by atoms with E-state index in [0.29, 0.717) is 6.42 Å². The van der Waals surface area contributed by atoms with Crippen molar-refractivity contribution in [2.75, 3.05) is 13.1 Å². The van der Waals surface area contributed by atoms with Gasteiger partial charge in [-0.25, -0.2) is 0 Å². The molecule has 1 fully saturated rings. The first-order valence-corrected chi connectivity index (χ1v) is 8.22. The number of nitrogens with one attached hydrogen (secondary N) is 1. The summed E-state index contributed by atoms with van der Waals surface area (Å²) in [5, 5.41) is 5.56. The summed E-state index contributed by atoms with van der Waals surface area (Å²) in [7, 11) is 0. The molecule has 1 aliphatic heterocycles. The van der Waals surface area contributed by atoms with E-state index in [9.17, 15) is 4.79 Å². The lowest BCUT2D eigenvalue weighted by Crippen LogP contribution is -2.54. The summed E-state index contributed by atoms with van der Waals surface area (Å²) in [6, 6.07) is 14.9. The number of carbonyl (C=O) groups is 1. The molecule has 4 heteroatoms. The Morgan fingerprint density at radius 1 is 1.29 bits per heavy atom. The van der Waals surface area contributed by atoms with Crippen LogP contribution >= 0.6 is 11.3 Å². The van der Waals surface area contributed by atoms with Crippen LogP contribution in [-0.4, -0.2) is 29.9 Å². The van der Waals surface area contributed by atoms with Crippen LogP contribution in [0.2, 0.25) is 0 Å². The summed E-state index contributed by atoms with van der Waals surface area (Å²) in [6.07, 6.45) is 0.517. The highest BCUT2D eigenvalue weighted by Gasteiger charge is 2.29. The van der Waals surface area contributed by atoms with E-state index in [4.69, 9.17) is 0 Å². The fourth-order valence-electron chi connectivity index (χ4n) is 2.78. The number of thiophene rings is 1. The second kappa shape index (κ2) is 6.41. The van der Waals surface area contributed by atoms with Gasteiger partial charge in [-0.3, -0.25) is 4.79 Å². The predicted octanol–water partition coefficient (Wildman–Crippen LogP) is 2.85. The van der Waals surface area contributed by atoms with Gasteiger partial charge in [0.1, 0.15) is 0 Å². The van der Waals surface area contributed by atoms with E-state index < -0.39 is 0 Å². The number of benzene rings is 1. The van der Waals surface area contributed by atoms with Gasteiger partial charge in [0.2, 0.25) is 5.91 Å². The van der Waals surface area contributed by atoms with E-state index in [2.05, 4.69) is 24.4 Å². The largest absolute Gasteiger partial charge is 0.336 e. The van der Waals surface area contributed by atoms with Crippen molar-refractivity contribution in [1.82, 2.24) is 10.2 Å². The number of piperazine rings is 1. The van der Waals surface area contributed by atoms with Crippen LogP contribution in [0, 0.1) is 0 Å². The Morgan fingerprint density at radius 2 is 2.10 bits per heavy atom. The molecule has 2 atom stereocenters. The molecule has 2 heterocycles. The van der Waals surface area contributed by atoms with Crippen LogP contribution < -0.4 is 5.32 Å². The van der Waals surface area contributed by atoms with Gasteiger partial charge in [-0.1, -0.05) is 36.4 Å². The number of hydrogen-bond donors (Lipinski definition) is 1. The lowest BCUT2D eigenvalue weighted by molar-refractivity contribution is -0.134. The topological polar surface area (TPSA) is 32.3 Å². The molecule has 1 N–H and O–H groups in total. The SMILES string of the molecule is CC1CNC(c2ccccc2)CN1C(=O)Cc1cccs1. The fraction of sp³-hybridized carbons (Fsp3) is 0.353. The van der Waals surface area contributed by atoms with Crippen molar-refractivity contribution in [3.05, 3.63) is 58.3 Å². The maximum Gasteiger partial charge on any atom is 0.228 e. The maximum atomic E-state index is 12.6. The van der Waals surface area contributed by atoms with Crippen molar-refractivity contribution in [1.29, 1.82) is 0 Å². The second-order valence-electron chi connectivity index (χ2n) is 5.52. The zero-order chi connectivity index (χ0) is 14.7. The highest BCUT2D eigenvalue weighted by molar-refractivity contribution is 7.10. The number of nitrogens with zero attached hydrogens (tertiary/aromatic N) is 1. The smallest absolute Gasteiger partial charge is 0.228 e. The van der Waals surface area contributed by atoms with E-state index in [1.165, 1.54) is 5.56 Å². The number of hydrogen-bond acceptors (Lipinski definition) is 3. The van der Waals surface area contributed by atoms with Crippen molar-refractivity contribution in [2.24, 2.45) is 0 Å². The Balaban J connectivity index is 1.70. The van der Waals surface area contributed by atoms with Crippen LogP contribution in [0.5, 0.6) is 0 Å². The lowest BCUT2D eigenvalue weighted by Gasteiger charge is -2.39. The number of rotatable bonds is 3. The minimum Gasteiger partial charge on any atom is -0.336 e. The molecule has 3 nitrogen and oxygen atoms in total. The molecule has 1 saturated heterocycles. The molecule has 2 aromatic rings. The Bertz CT molecular complexity index is 582. The zero-order valence-corrected chi connectivity index (χ0v) is 13.0. The minimum atomic E-state index is 0.229. The third-order valence-electron chi connectivity index (χ3n) is 4.00. The van der Waals surface area contributed by atoms with Crippen molar-refractivity contribution in [3.63, 3.8) is 0 Å². The molecule has 1 aromatic heterocycles. The van der Waals surface area contributed by atoms with Crippen LogP contribution in [0.15, 0.2) is 47.8 Å². The lowest BCUT2D eigenvalue weighted by atomic mass is 10.0. The average molecular weight is 300 g/mol. The maximum absolute atomic E-state index is 12.6. The summed E-state index contributed by atoms with van der Waals surface area (Å²) in [5.41, 5.74) is 1.25. The van der Waals surface area contributed by atoms with E-state index in [-0.39, 0.29) is 18.0 Å². The summed E-state index contributed by atoms with van der Waals surface area (Å²) < 4.78 is 0. The average Bonchev–Trinajstić information content (AvgIpc) is 3.01. The van der Waals surface area contributed by atoms with Crippen molar-refractivity contribution in [3.8, 4) is 0 Å². The molecule has 0 saturated carbocycles. The minimum absolute atomic E-state index is 0.229. The summed E-state index contributed by atoms with van der Waals surface area (Å²) >= 11 is 1.65. The van der Waals surface area contributed by atoms with E-state index >= 15 is 0 Å². The predicted molar refractivity (Wildman–Crippen MR) is 86.4 cm³/mol. The Kier molecular flexibility index (Phi) is 4.36. The molecule has 110 valence electrons. The first kappa shape index (κ1) is 14.3. The molecule has 3 rings (SSSR count). The Hall–Kier alpha value is -1.65. The van der Waals surface area contributed by atoms with Crippen LogP contribution in [0.4, 0.5) is 0 Å². The molecule has 0 bridgehead atoms. The van der Waals surface area contributed by atoms with Crippen molar-refractivity contribution < 1.29 is 4.79 Å². The first-order valence-electron chi connectivity index (χ1n) is 7.34. The Morgan fingerprint density at radius 3 is 2.81 bits per heavy atom. The summed E-state index contributed by atoms with van der Waals surface area (Å²) in [6.45, 7) is 3.70. The van der Waals surface area contributed by atoms with Crippen molar-refractivity contribution in [2.45, 2.75) is 25.4 Å². The van der Waals surface area contributed by atoms with E-state index in [1.54, 1.807) is 11.3 Å². The van der Waals surface area contributed by atoms with Crippen LogP contribution in [0.3, 0.4) is 0 Å². The highest BCUT2D eigenvalue weighted by Crippen LogP contribution is 2.21. The molecular weight excluding hydrogens is 280 g/mol. The van der Waals surface area contributed by atoms with E-state index in [0.717, 1.165) is 18.0 Å². The second-order valence-corrected chi connectivity index (χ2v) is 6.56. The van der Waals surface area contributed by atoms with E-state index in [1.807, 2.05) is 40.6 Å². The third-order valence-corrected chi connectivity index (χ3v) is 4.88. The van der Waals surface area contributed by atoms with Gasteiger partial charge in [0.15, 0.2) is 0 Å². The first-order chi connectivity index (χ1) is 10.2. The monoisotopic (exact) mass is 300 g/mol. The molecule has 0 radical (unpaired) electrons. The fourth-order valence-corrected chi connectivity index (χ4v) is 3.48. The molecule has 0 aliphatic carbocycles. The molecular formula is C17H20N2OS. The van der Waals surface area contributed by atoms with Gasteiger partial charge < -0.3 is 10.2 Å². The van der Waals surface area contributed by atoms with Crippen LogP contribution in [0.1, 0.15) is 23.4 Å². The normalized spacial score (nSPS) is 22.2. The summed E-state index contributed by atoms with van der Waals surface area (Å²) in [5.74, 6) is 0.229. The van der Waals surface area contributed by atoms with Gasteiger partial charge >= 0.3 is 0 Å². The van der Waals surface area contributed by atoms with Gasteiger partial charge in [-0.05, 0) is 23.9 Å². The molecule has 2 unspecified atom stereocenters. The van der Waals surface area contributed by atoms with Gasteiger partial charge in [0, 0.05) is 30.1 Å². The van der Waals surface area contributed by atoms with Crippen molar-refractivity contribution >= 4 is 17.2 Å². The molecule has 21 heavy (non-hydrogen) atoms. The third kappa shape index (κ3) is 3.34. The quantitative estimate of drug-likeness (QED) is 0.945. The Labute approximate surface area is 129 Å². The molecule has 1 aromatic carbocycles. The molecule has 1 aliphatic rings. The number of amides is 1. The highest BCUT2D eigenvalue weighted by atomic mass is 32.1. The standard InChI is InChI=1S/C17H20N2OS/c1-13-11-18-16(14-6-3-2-4-7-14)12-19(13)17(20)10-15-8-5-9-21-15/h2-9,13,16,18H,10-12H2,1H3. The number of carbonyl (C=O) groups excluding carboxylic acids is 1. The zero-order valence-electron chi connectivity index (χ0n) is 12.2. The van der Waals surface area contributed by atoms with Gasteiger partial charge in [-0.15, -0.1) is 11.3 Å². The molecule has 1 amide bonds. The molecule has 0 spiro atoms. The van der Waals surface area contributed by atoms with Gasteiger partial charge in [-0.2, -0.15) is 0 Å². The van der Waals surface area contributed by atoms with Gasteiger partial charge in [0.05, 0.1) is 6.42 Å². The summed E-state index contributed by atoms with van der Waals surface area (Å²) in [4.78, 5) is 15.7. The van der Waals surface area contributed by atoms with Crippen LogP contribution in [0.25, 0.3) is 0 Å². The van der Waals surface area contributed by atoms with Crippen LogP contribution in [-0.2, 0) is 11.2 Å². The van der Waals surface area contributed by atoms with Gasteiger partial charge in [0.25, 0.3) is 0 Å².